The minimum atomic E-state index is -2.94. The van der Waals surface area contributed by atoms with Crippen LogP contribution in [-0.2, 0) is 10.0 Å². The van der Waals surface area contributed by atoms with Gasteiger partial charge in [0.25, 0.3) is 0 Å². The average molecular weight is 260 g/mol. The fourth-order valence-electron chi connectivity index (χ4n) is 2.70. The van der Waals surface area contributed by atoms with Crippen molar-refractivity contribution in [2.24, 2.45) is 5.92 Å². The molecule has 1 saturated heterocycles. The van der Waals surface area contributed by atoms with Crippen molar-refractivity contribution in [3.63, 3.8) is 0 Å². The molecule has 0 bridgehead atoms. The molecule has 100 valence electrons. The first-order valence-corrected chi connectivity index (χ1v) is 8.28. The standard InChI is InChI=1S/C12H24N2O2S/c1-3-13-10(2)11-6-8-14(9-7-11)17(15,16)12-4-5-12/h10-13H,3-9H2,1-2H3. The van der Waals surface area contributed by atoms with Gasteiger partial charge in [-0.05, 0) is 45.1 Å². The Hall–Kier alpha value is -0.130. The number of rotatable bonds is 5. The molecule has 0 spiro atoms. The van der Waals surface area contributed by atoms with E-state index in [4.69, 9.17) is 0 Å². The van der Waals surface area contributed by atoms with Crippen LogP contribution in [0, 0.1) is 5.92 Å². The molecule has 4 nitrogen and oxygen atoms in total. The minimum absolute atomic E-state index is 0.0507. The molecule has 0 aromatic carbocycles. The lowest BCUT2D eigenvalue weighted by Crippen LogP contribution is -2.44. The number of sulfonamides is 1. The Kier molecular flexibility index (Phi) is 4.10. The van der Waals surface area contributed by atoms with Crippen LogP contribution in [-0.4, -0.2) is 43.6 Å². The molecule has 1 aliphatic heterocycles. The van der Waals surface area contributed by atoms with E-state index >= 15 is 0 Å². The van der Waals surface area contributed by atoms with E-state index in [0.717, 1.165) is 45.3 Å². The maximum atomic E-state index is 12.1. The zero-order valence-electron chi connectivity index (χ0n) is 10.9. The van der Waals surface area contributed by atoms with Crippen LogP contribution < -0.4 is 5.32 Å². The summed E-state index contributed by atoms with van der Waals surface area (Å²) < 4.78 is 25.8. The maximum absolute atomic E-state index is 12.1. The van der Waals surface area contributed by atoms with Crippen LogP contribution >= 0.6 is 0 Å². The van der Waals surface area contributed by atoms with Crippen molar-refractivity contribution < 1.29 is 8.42 Å². The summed E-state index contributed by atoms with van der Waals surface area (Å²) in [6.45, 7) is 6.75. The van der Waals surface area contributed by atoms with Crippen LogP contribution in [0.3, 0.4) is 0 Å². The summed E-state index contributed by atoms with van der Waals surface area (Å²) in [5.74, 6) is 0.626. The van der Waals surface area contributed by atoms with E-state index in [1.165, 1.54) is 0 Å². The molecule has 1 saturated carbocycles. The molecular weight excluding hydrogens is 236 g/mol. The lowest BCUT2D eigenvalue weighted by molar-refractivity contribution is 0.232. The Morgan fingerprint density at radius 3 is 2.29 bits per heavy atom. The predicted molar refractivity (Wildman–Crippen MR) is 69.4 cm³/mol. The predicted octanol–water partition coefficient (Wildman–Crippen LogP) is 1.19. The molecule has 2 aliphatic rings. The van der Waals surface area contributed by atoms with Crippen molar-refractivity contribution in [3.05, 3.63) is 0 Å². The summed E-state index contributed by atoms with van der Waals surface area (Å²) in [5, 5.41) is 3.39. The molecule has 2 fully saturated rings. The molecular formula is C12H24N2O2S. The van der Waals surface area contributed by atoms with Gasteiger partial charge < -0.3 is 5.32 Å². The monoisotopic (exact) mass is 260 g/mol. The van der Waals surface area contributed by atoms with Gasteiger partial charge in [0.2, 0.25) is 10.0 Å². The van der Waals surface area contributed by atoms with Crippen molar-refractivity contribution in [1.82, 2.24) is 9.62 Å². The van der Waals surface area contributed by atoms with Gasteiger partial charge in [-0.25, -0.2) is 12.7 Å². The van der Waals surface area contributed by atoms with Gasteiger partial charge in [-0.2, -0.15) is 0 Å². The van der Waals surface area contributed by atoms with Gasteiger partial charge in [-0.1, -0.05) is 6.92 Å². The molecule has 1 atom stereocenters. The van der Waals surface area contributed by atoms with Crippen LogP contribution in [0.15, 0.2) is 0 Å². The van der Waals surface area contributed by atoms with E-state index in [-0.39, 0.29) is 5.25 Å². The third-order valence-electron chi connectivity index (χ3n) is 4.04. The molecule has 1 aliphatic carbocycles. The summed E-state index contributed by atoms with van der Waals surface area (Å²) in [4.78, 5) is 0. The van der Waals surface area contributed by atoms with Gasteiger partial charge in [-0.15, -0.1) is 0 Å². The topological polar surface area (TPSA) is 49.4 Å². The second-order valence-corrected chi connectivity index (χ2v) is 7.54. The highest BCUT2D eigenvalue weighted by atomic mass is 32.2. The van der Waals surface area contributed by atoms with Crippen LogP contribution in [0.25, 0.3) is 0 Å². The third-order valence-corrected chi connectivity index (χ3v) is 6.44. The SMILES string of the molecule is CCNC(C)C1CCN(S(=O)(=O)C2CC2)CC1. The third kappa shape index (κ3) is 3.01. The second kappa shape index (κ2) is 5.24. The number of hydrogen-bond acceptors (Lipinski definition) is 3. The Morgan fingerprint density at radius 1 is 1.24 bits per heavy atom. The van der Waals surface area contributed by atoms with Crippen LogP contribution in [0.4, 0.5) is 0 Å². The van der Waals surface area contributed by atoms with E-state index in [9.17, 15) is 8.42 Å². The fourth-order valence-corrected chi connectivity index (χ4v) is 4.57. The number of hydrogen-bond donors (Lipinski definition) is 1. The smallest absolute Gasteiger partial charge is 0.216 e. The highest BCUT2D eigenvalue weighted by Gasteiger charge is 2.41. The van der Waals surface area contributed by atoms with Crippen molar-refractivity contribution >= 4 is 10.0 Å². The van der Waals surface area contributed by atoms with E-state index < -0.39 is 10.0 Å². The second-order valence-electron chi connectivity index (χ2n) is 5.33. The zero-order valence-corrected chi connectivity index (χ0v) is 11.7. The van der Waals surface area contributed by atoms with Gasteiger partial charge in [0.05, 0.1) is 5.25 Å². The molecule has 1 unspecified atom stereocenters. The quantitative estimate of drug-likeness (QED) is 0.808. The van der Waals surface area contributed by atoms with E-state index in [1.807, 2.05) is 0 Å². The molecule has 2 rings (SSSR count). The Morgan fingerprint density at radius 2 is 1.82 bits per heavy atom. The molecule has 0 aromatic rings. The average Bonchev–Trinajstić information content (AvgIpc) is 3.13. The molecule has 1 heterocycles. The molecule has 1 N–H and O–H groups in total. The Bertz CT molecular complexity index is 344. The normalized spacial score (nSPS) is 26.0. The first-order valence-electron chi connectivity index (χ1n) is 6.78. The molecule has 0 amide bonds. The van der Waals surface area contributed by atoms with E-state index in [1.54, 1.807) is 4.31 Å². The number of nitrogens with zero attached hydrogens (tertiary/aromatic N) is 1. The van der Waals surface area contributed by atoms with Crippen LogP contribution in [0.2, 0.25) is 0 Å². The Labute approximate surface area is 105 Å². The summed E-state index contributed by atoms with van der Waals surface area (Å²) in [6.07, 6.45) is 3.74. The van der Waals surface area contributed by atoms with E-state index in [2.05, 4.69) is 19.2 Å². The van der Waals surface area contributed by atoms with E-state index in [0.29, 0.717) is 12.0 Å². The number of piperidine rings is 1. The zero-order chi connectivity index (χ0) is 12.5. The largest absolute Gasteiger partial charge is 0.314 e. The van der Waals surface area contributed by atoms with Gasteiger partial charge in [0, 0.05) is 19.1 Å². The highest BCUT2D eigenvalue weighted by molar-refractivity contribution is 7.90. The highest BCUT2D eigenvalue weighted by Crippen LogP contribution is 2.33. The van der Waals surface area contributed by atoms with Gasteiger partial charge in [-0.3, -0.25) is 0 Å². The number of nitrogens with one attached hydrogen (secondary N) is 1. The van der Waals surface area contributed by atoms with Crippen molar-refractivity contribution in [1.29, 1.82) is 0 Å². The van der Waals surface area contributed by atoms with Crippen molar-refractivity contribution in [2.75, 3.05) is 19.6 Å². The van der Waals surface area contributed by atoms with Gasteiger partial charge in [0.15, 0.2) is 0 Å². The molecule has 0 radical (unpaired) electrons. The van der Waals surface area contributed by atoms with Crippen LogP contribution in [0.5, 0.6) is 0 Å². The molecule has 5 heteroatoms. The van der Waals surface area contributed by atoms with Crippen molar-refractivity contribution in [2.45, 2.75) is 50.8 Å². The first-order chi connectivity index (χ1) is 8.05. The fraction of sp³-hybridized carbons (Fsp3) is 1.00. The molecule has 0 aromatic heterocycles. The summed E-state index contributed by atoms with van der Waals surface area (Å²) in [7, 11) is -2.94. The summed E-state index contributed by atoms with van der Waals surface area (Å²) in [6, 6.07) is 0.505. The summed E-state index contributed by atoms with van der Waals surface area (Å²) >= 11 is 0. The maximum Gasteiger partial charge on any atom is 0.216 e. The lowest BCUT2D eigenvalue weighted by atomic mass is 9.91. The first kappa shape index (κ1) is 13.3. The lowest BCUT2D eigenvalue weighted by Gasteiger charge is -2.34. The Balaban J connectivity index is 1.85. The van der Waals surface area contributed by atoms with Gasteiger partial charge >= 0.3 is 0 Å². The van der Waals surface area contributed by atoms with Gasteiger partial charge in [0.1, 0.15) is 0 Å². The van der Waals surface area contributed by atoms with Crippen molar-refractivity contribution in [3.8, 4) is 0 Å². The summed E-state index contributed by atoms with van der Waals surface area (Å²) in [5.41, 5.74) is 0. The minimum Gasteiger partial charge on any atom is -0.314 e. The van der Waals surface area contributed by atoms with Crippen LogP contribution in [0.1, 0.15) is 39.5 Å². The molecule has 17 heavy (non-hydrogen) atoms.